The highest BCUT2D eigenvalue weighted by Gasteiger charge is 2.13. The third kappa shape index (κ3) is 2.21. The lowest BCUT2D eigenvalue weighted by Gasteiger charge is -2.17. The molecule has 2 heterocycles. The fraction of sp³-hybridized carbons (Fsp3) is 0.545. The molecule has 0 aliphatic carbocycles. The summed E-state index contributed by atoms with van der Waals surface area (Å²) in [5.41, 5.74) is 0.669. The number of hydrogen-bond donors (Lipinski definition) is 1. The van der Waals surface area contributed by atoms with Crippen LogP contribution in [0.15, 0.2) is 17.1 Å². The van der Waals surface area contributed by atoms with E-state index in [0.717, 1.165) is 25.3 Å². The monoisotopic (exact) mass is 208 g/mol. The van der Waals surface area contributed by atoms with Crippen LogP contribution in [0.4, 0.5) is 0 Å². The van der Waals surface area contributed by atoms with Gasteiger partial charge < -0.3 is 9.67 Å². The summed E-state index contributed by atoms with van der Waals surface area (Å²) in [5, 5.41) is 9.24. The van der Waals surface area contributed by atoms with Crippen LogP contribution in [0.25, 0.3) is 0 Å². The second-order valence-corrected chi connectivity index (χ2v) is 4.11. The van der Waals surface area contributed by atoms with E-state index in [4.69, 9.17) is 0 Å². The molecule has 2 rings (SSSR count). The van der Waals surface area contributed by atoms with Crippen LogP contribution in [-0.4, -0.2) is 27.7 Å². The molecule has 0 amide bonds. The normalized spacial score (nSPS) is 17.1. The molecule has 0 spiro atoms. The van der Waals surface area contributed by atoms with Gasteiger partial charge in [0.25, 0.3) is 0 Å². The zero-order valence-electron chi connectivity index (χ0n) is 8.94. The number of hydrogen-bond acceptors (Lipinski definition) is 3. The topological polar surface area (TPSA) is 45.5 Å². The summed E-state index contributed by atoms with van der Waals surface area (Å²) in [5.74, 6) is -0.178. The lowest BCUT2D eigenvalue weighted by atomic mass is 10.3. The van der Waals surface area contributed by atoms with Crippen LogP contribution >= 0.6 is 0 Å². The summed E-state index contributed by atoms with van der Waals surface area (Å²) in [6, 6.07) is 1.52. The molecule has 0 unspecified atom stereocenters. The number of rotatable bonds is 2. The van der Waals surface area contributed by atoms with Crippen molar-refractivity contribution in [3.63, 3.8) is 0 Å². The molecule has 15 heavy (non-hydrogen) atoms. The average Bonchev–Trinajstić information content (AvgIpc) is 2.67. The van der Waals surface area contributed by atoms with E-state index in [2.05, 4.69) is 4.90 Å². The first-order valence-electron chi connectivity index (χ1n) is 5.28. The molecule has 4 heteroatoms. The molecular weight excluding hydrogens is 192 g/mol. The van der Waals surface area contributed by atoms with E-state index >= 15 is 0 Å². The molecule has 1 saturated heterocycles. The molecule has 1 aliphatic heterocycles. The van der Waals surface area contributed by atoms with Crippen LogP contribution in [0.2, 0.25) is 0 Å². The second-order valence-electron chi connectivity index (χ2n) is 4.11. The van der Waals surface area contributed by atoms with Crippen LogP contribution in [0.3, 0.4) is 0 Å². The molecule has 0 aromatic carbocycles. The van der Waals surface area contributed by atoms with E-state index < -0.39 is 0 Å². The summed E-state index contributed by atoms with van der Waals surface area (Å²) < 4.78 is 1.81. The maximum Gasteiger partial charge on any atom is 0.223 e. The average molecular weight is 208 g/mol. The van der Waals surface area contributed by atoms with E-state index in [1.807, 2.05) is 11.6 Å². The molecular formula is C11H16N2O2. The van der Waals surface area contributed by atoms with E-state index in [0.29, 0.717) is 0 Å². The fourth-order valence-electron chi connectivity index (χ4n) is 1.98. The van der Waals surface area contributed by atoms with E-state index in [1.165, 1.54) is 25.1 Å². The highest BCUT2D eigenvalue weighted by molar-refractivity contribution is 5.20. The molecule has 4 nitrogen and oxygen atoms in total. The lowest BCUT2D eigenvalue weighted by molar-refractivity contribution is 0.321. The molecule has 82 valence electrons. The zero-order chi connectivity index (χ0) is 10.8. The third-order valence-electron chi connectivity index (χ3n) is 2.90. The first-order chi connectivity index (χ1) is 7.16. The van der Waals surface area contributed by atoms with Gasteiger partial charge in [-0.05, 0) is 25.9 Å². The number of nitrogens with zero attached hydrogens (tertiary/aromatic N) is 2. The van der Waals surface area contributed by atoms with Gasteiger partial charge in [0.05, 0.1) is 0 Å². The minimum absolute atomic E-state index is 0.178. The Balaban J connectivity index is 2.20. The molecule has 1 N–H and O–H groups in total. The Morgan fingerprint density at radius 3 is 2.73 bits per heavy atom. The Hall–Kier alpha value is -1.29. The van der Waals surface area contributed by atoms with Gasteiger partial charge in [-0.1, -0.05) is 0 Å². The van der Waals surface area contributed by atoms with E-state index in [-0.39, 0.29) is 11.2 Å². The van der Waals surface area contributed by atoms with Crippen LogP contribution < -0.4 is 5.43 Å². The first kappa shape index (κ1) is 10.2. The van der Waals surface area contributed by atoms with Crippen LogP contribution in [0.1, 0.15) is 18.5 Å². The molecule has 1 fully saturated rings. The molecule has 0 bridgehead atoms. The standard InChI is InChI=1S/C11H16N2O2/c1-12-8-11(15)10(14)6-9(12)7-13-4-2-3-5-13/h6,8,15H,2-5,7H2,1H3. The van der Waals surface area contributed by atoms with Crippen LogP contribution in [-0.2, 0) is 13.6 Å². The van der Waals surface area contributed by atoms with E-state index in [9.17, 15) is 9.90 Å². The SMILES string of the molecule is Cn1cc(O)c(=O)cc1CN1CCCC1. The predicted molar refractivity (Wildman–Crippen MR) is 57.9 cm³/mol. The van der Waals surface area contributed by atoms with Crippen molar-refractivity contribution in [2.24, 2.45) is 7.05 Å². The van der Waals surface area contributed by atoms with Gasteiger partial charge in [0, 0.05) is 31.5 Å². The molecule has 0 saturated carbocycles. The van der Waals surface area contributed by atoms with Crippen molar-refractivity contribution in [2.75, 3.05) is 13.1 Å². The number of pyridine rings is 1. The highest BCUT2D eigenvalue weighted by atomic mass is 16.3. The largest absolute Gasteiger partial charge is 0.503 e. The van der Waals surface area contributed by atoms with Gasteiger partial charge in [-0.25, -0.2) is 0 Å². The second kappa shape index (κ2) is 4.06. The molecule has 1 aromatic rings. The highest BCUT2D eigenvalue weighted by Crippen LogP contribution is 2.12. The van der Waals surface area contributed by atoms with Crippen molar-refractivity contribution < 1.29 is 5.11 Å². The molecule has 0 radical (unpaired) electrons. The van der Waals surface area contributed by atoms with Crippen molar-refractivity contribution in [1.29, 1.82) is 0 Å². The van der Waals surface area contributed by atoms with Gasteiger partial charge in [-0.3, -0.25) is 9.69 Å². The Morgan fingerprint density at radius 1 is 1.40 bits per heavy atom. The van der Waals surface area contributed by atoms with Gasteiger partial charge in [-0.15, -0.1) is 0 Å². The summed E-state index contributed by atoms with van der Waals surface area (Å²) in [6.07, 6.45) is 3.96. The number of aromatic nitrogens is 1. The Morgan fingerprint density at radius 2 is 2.07 bits per heavy atom. The van der Waals surface area contributed by atoms with Gasteiger partial charge in [-0.2, -0.15) is 0 Å². The Bertz CT molecular complexity index is 406. The van der Waals surface area contributed by atoms with Crippen molar-refractivity contribution in [1.82, 2.24) is 9.47 Å². The summed E-state index contributed by atoms with van der Waals surface area (Å²) in [6.45, 7) is 3.01. The summed E-state index contributed by atoms with van der Waals surface area (Å²) in [4.78, 5) is 13.6. The van der Waals surface area contributed by atoms with Crippen molar-refractivity contribution in [3.8, 4) is 5.75 Å². The first-order valence-corrected chi connectivity index (χ1v) is 5.28. The fourth-order valence-corrected chi connectivity index (χ4v) is 1.98. The summed E-state index contributed by atoms with van der Waals surface area (Å²) in [7, 11) is 1.85. The van der Waals surface area contributed by atoms with Crippen molar-refractivity contribution in [2.45, 2.75) is 19.4 Å². The third-order valence-corrected chi connectivity index (χ3v) is 2.90. The predicted octanol–water partition coefficient (Wildman–Crippen LogP) is 0.687. The Kier molecular flexibility index (Phi) is 2.77. The van der Waals surface area contributed by atoms with E-state index in [1.54, 1.807) is 0 Å². The zero-order valence-corrected chi connectivity index (χ0v) is 8.94. The molecule has 0 atom stereocenters. The van der Waals surface area contributed by atoms with Gasteiger partial charge in [0.2, 0.25) is 5.43 Å². The smallest absolute Gasteiger partial charge is 0.223 e. The van der Waals surface area contributed by atoms with Crippen LogP contribution in [0, 0.1) is 0 Å². The minimum Gasteiger partial charge on any atom is -0.503 e. The number of likely N-dealkylation sites (tertiary alicyclic amines) is 1. The number of aromatic hydroxyl groups is 1. The van der Waals surface area contributed by atoms with Gasteiger partial charge in [0.15, 0.2) is 5.75 Å². The van der Waals surface area contributed by atoms with Gasteiger partial charge in [0.1, 0.15) is 0 Å². The Labute approximate surface area is 88.8 Å². The lowest BCUT2D eigenvalue weighted by Crippen LogP contribution is -2.22. The maximum atomic E-state index is 11.3. The maximum absolute atomic E-state index is 11.3. The quantitative estimate of drug-likeness (QED) is 0.777. The minimum atomic E-state index is -0.290. The number of aryl methyl sites for hydroxylation is 1. The van der Waals surface area contributed by atoms with Crippen molar-refractivity contribution in [3.05, 3.63) is 28.2 Å². The summed E-state index contributed by atoms with van der Waals surface area (Å²) >= 11 is 0. The molecule has 1 aliphatic rings. The van der Waals surface area contributed by atoms with Crippen molar-refractivity contribution >= 4 is 0 Å². The van der Waals surface area contributed by atoms with Crippen LogP contribution in [0.5, 0.6) is 5.75 Å². The molecule has 1 aromatic heterocycles. The van der Waals surface area contributed by atoms with Gasteiger partial charge >= 0.3 is 0 Å².